The lowest BCUT2D eigenvalue weighted by Crippen LogP contribution is -2.51. The van der Waals surface area contributed by atoms with Crippen LogP contribution in [0.3, 0.4) is 0 Å². The van der Waals surface area contributed by atoms with E-state index in [0.717, 1.165) is 6.42 Å². The van der Waals surface area contributed by atoms with Gasteiger partial charge in [0.25, 0.3) is 0 Å². The van der Waals surface area contributed by atoms with Crippen LogP contribution in [0.15, 0.2) is 30.3 Å². The van der Waals surface area contributed by atoms with Crippen LogP contribution >= 0.6 is 0 Å². The molecule has 20 heavy (non-hydrogen) atoms. The highest BCUT2D eigenvalue weighted by atomic mass is 14.6. The third kappa shape index (κ3) is 1.23. The average molecular weight is 262 g/mol. The van der Waals surface area contributed by atoms with Gasteiger partial charge in [-0.25, -0.2) is 0 Å². The first-order valence-electron chi connectivity index (χ1n) is 7.61. The molecule has 0 N–H and O–H groups in total. The number of rotatable bonds is 2. The van der Waals surface area contributed by atoms with Crippen LogP contribution in [-0.2, 0) is 17.3 Å². The monoisotopic (exact) mass is 262 g/mol. The summed E-state index contributed by atoms with van der Waals surface area (Å²) in [6.07, 6.45) is 1.08. The maximum absolute atomic E-state index is 2.48. The van der Waals surface area contributed by atoms with Crippen molar-refractivity contribution in [1.82, 2.24) is 0 Å². The topological polar surface area (TPSA) is 0 Å². The van der Waals surface area contributed by atoms with E-state index in [4.69, 9.17) is 0 Å². The molecule has 2 aromatic rings. The molecule has 0 saturated heterocycles. The molecule has 6 rings (SSSR count). The Morgan fingerprint density at radius 1 is 0.850 bits per heavy atom. The maximum Gasteiger partial charge on any atom is 0.0158 e. The molecule has 0 nitrogen and oxygen atoms in total. The van der Waals surface area contributed by atoms with Crippen LogP contribution in [-0.4, -0.2) is 0 Å². The maximum atomic E-state index is 2.48. The van der Waals surface area contributed by atoms with E-state index in [-0.39, 0.29) is 0 Å². The minimum absolute atomic E-state index is 0.300. The van der Waals surface area contributed by atoms with Gasteiger partial charge < -0.3 is 0 Å². The molecule has 0 spiro atoms. The lowest BCUT2D eigenvalue weighted by Gasteiger charge is -2.59. The number of aryl methyl sites for hydroxylation is 1. The number of hydrogen-bond acceptors (Lipinski definition) is 0. The van der Waals surface area contributed by atoms with Crippen molar-refractivity contribution in [3.05, 3.63) is 69.3 Å². The molecule has 0 radical (unpaired) electrons. The van der Waals surface area contributed by atoms with Crippen LogP contribution in [0.5, 0.6) is 0 Å². The molecule has 0 heterocycles. The van der Waals surface area contributed by atoms with Crippen molar-refractivity contribution in [3.63, 3.8) is 0 Å². The normalized spacial score (nSPS) is 19.2. The zero-order chi connectivity index (χ0) is 14.3. The molecule has 0 heteroatoms. The summed E-state index contributed by atoms with van der Waals surface area (Å²) >= 11 is 0. The van der Waals surface area contributed by atoms with Gasteiger partial charge in [0.05, 0.1) is 0 Å². The fourth-order valence-electron chi connectivity index (χ4n) is 4.54. The van der Waals surface area contributed by atoms with Crippen molar-refractivity contribution < 1.29 is 0 Å². The molecule has 4 bridgehead atoms. The van der Waals surface area contributed by atoms with Gasteiger partial charge in [0, 0.05) is 10.8 Å². The van der Waals surface area contributed by atoms with Gasteiger partial charge in [0.2, 0.25) is 0 Å². The summed E-state index contributed by atoms with van der Waals surface area (Å²) in [5.74, 6) is 0. The lowest BCUT2D eigenvalue weighted by atomic mass is 9.44. The lowest BCUT2D eigenvalue weighted by molar-refractivity contribution is 0.421. The van der Waals surface area contributed by atoms with Gasteiger partial charge in [-0.1, -0.05) is 63.6 Å². The summed E-state index contributed by atoms with van der Waals surface area (Å²) in [5.41, 5.74) is 11.5. The van der Waals surface area contributed by atoms with Crippen molar-refractivity contribution in [3.8, 4) is 0 Å². The number of hydrogen-bond donors (Lipinski definition) is 0. The van der Waals surface area contributed by atoms with Gasteiger partial charge in [-0.3, -0.25) is 0 Å². The minimum Gasteiger partial charge on any atom is -0.0617 e. The first-order valence-corrected chi connectivity index (χ1v) is 7.61. The molecule has 0 amide bonds. The summed E-state index contributed by atoms with van der Waals surface area (Å²) in [6.45, 7) is 11.7. The Kier molecular flexibility index (Phi) is 2.05. The second kappa shape index (κ2) is 3.36. The van der Waals surface area contributed by atoms with Crippen molar-refractivity contribution in [1.29, 1.82) is 0 Å². The van der Waals surface area contributed by atoms with E-state index in [9.17, 15) is 0 Å². The van der Waals surface area contributed by atoms with Crippen molar-refractivity contribution in [2.45, 2.75) is 51.9 Å². The predicted molar refractivity (Wildman–Crippen MR) is 84.7 cm³/mol. The van der Waals surface area contributed by atoms with Crippen LogP contribution in [0.2, 0.25) is 0 Å². The molecule has 0 fully saturated rings. The highest BCUT2D eigenvalue weighted by Crippen LogP contribution is 2.65. The van der Waals surface area contributed by atoms with Gasteiger partial charge in [-0.2, -0.15) is 0 Å². The van der Waals surface area contributed by atoms with E-state index in [0.29, 0.717) is 10.8 Å². The van der Waals surface area contributed by atoms with Crippen LogP contribution in [0.25, 0.3) is 0 Å². The second-order valence-electron chi connectivity index (χ2n) is 7.62. The smallest absolute Gasteiger partial charge is 0.0158 e. The quantitative estimate of drug-likeness (QED) is 0.724. The molecular formula is C20H22. The zero-order valence-corrected chi connectivity index (χ0v) is 13.1. The van der Waals surface area contributed by atoms with Crippen LogP contribution in [0.4, 0.5) is 0 Å². The van der Waals surface area contributed by atoms with Crippen LogP contribution in [0.1, 0.15) is 66.6 Å². The largest absolute Gasteiger partial charge is 0.0617 e. The minimum atomic E-state index is 0.300. The molecule has 102 valence electrons. The summed E-state index contributed by atoms with van der Waals surface area (Å²) in [4.78, 5) is 0. The Morgan fingerprint density at radius 2 is 1.60 bits per heavy atom. The fraction of sp³-hybridized carbons (Fsp3) is 0.400. The summed E-state index contributed by atoms with van der Waals surface area (Å²) in [5, 5.41) is 0. The molecule has 4 aliphatic carbocycles. The van der Waals surface area contributed by atoms with Crippen molar-refractivity contribution >= 4 is 0 Å². The van der Waals surface area contributed by atoms with E-state index < -0.39 is 0 Å². The average Bonchev–Trinajstić information content (AvgIpc) is 2.36. The fourth-order valence-corrected chi connectivity index (χ4v) is 4.54. The Bertz CT molecular complexity index is 734. The van der Waals surface area contributed by atoms with Gasteiger partial charge in [0.1, 0.15) is 0 Å². The van der Waals surface area contributed by atoms with E-state index in [1.54, 1.807) is 27.8 Å². The molecule has 0 unspecified atom stereocenters. The SMILES string of the molecule is Cc1cccc(Cc2cc3c4c(c2C4(C)C)C3(C)C)c1. The van der Waals surface area contributed by atoms with E-state index in [2.05, 4.69) is 65.0 Å². The van der Waals surface area contributed by atoms with Gasteiger partial charge >= 0.3 is 0 Å². The second-order valence-corrected chi connectivity index (χ2v) is 7.62. The third-order valence-corrected chi connectivity index (χ3v) is 5.43. The Hall–Kier alpha value is -1.56. The Morgan fingerprint density at radius 3 is 2.25 bits per heavy atom. The molecule has 0 aromatic heterocycles. The molecule has 0 saturated carbocycles. The molecular weight excluding hydrogens is 240 g/mol. The van der Waals surface area contributed by atoms with Gasteiger partial charge in [-0.05, 0) is 46.7 Å². The molecule has 2 aromatic carbocycles. The number of benzene rings is 2. The van der Waals surface area contributed by atoms with Crippen molar-refractivity contribution in [2.75, 3.05) is 0 Å². The summed E-state index contributed by atoms with van der Waals surface area (Å²) in [6, 6.07) is 11.4. The Labute approximate surface area is 121 Å². The molecule has 0 aliphatic heterocycles. The van der Waals surface area contributed by atoms with Crippen LogP contribution < -0.4 is 0 Å². The van der Waals surface area contributed by atoms with Crippen molar-refractivity contribution in [2.24, 2.45) is 0 Å². The molecule has 4 aliphatic rings. The van der Waals surface area contributed by atoms with E-state index in [1.807, 2.05) is 0 Å². The molecule has 0 atom stereocenters. The van der Waals surface area contributed by atoms with E-state index in [1.165, 1.54) is 11.1 Å². The first kappa shape index (κ1) is 12.2. The summed E-state index contributed by atoms with van der Waals surface area (Å²) < 4.78 is 0. The Balaban J connectivity index is 1.80. The highest BCUT2D eigenvalue weighted by molar-refractivity contribution is 5.78. The third-order valence-electron chi connectivity index (χ3n) is 5.43. The van der Waals surface area contributed by atoms with Gasteiger partial charge in [0.15, 0.2) is 0 Å². The standard InChI is InChI=1S/C20H22/c1-12-7-6-8-13(9-12)10-14-11-15-17-18(19(15,2)3)16(14)20(17,4)5/h6-9,11H,10H2,1-5H3. The predicted octanol–water partition coefficient (Wildman–Crippen LogP) is 4.86. The van der Waals surface area contributed by atoms with Gasteiger partial charge in [-0.15, -0.1) is 0 Å². The van der Waals surface area contributed by atoms with E-state index >= 15 is 0 Å². The highest BCUT2D eigenvalue weighted by Gasteiger charge is 2.56. The summed E-state index contributed by atoms with van der Waals surface area (Å²) in [7, 11) is 0. The van der Waals surface area contributed by atoms with Crippen LogP contribution in [0, 0.1) is 6.92 Å². The zero-order valence-electron chi connectivity index (χ0n) is 13.1. The first-order chi connectivity index (χ1) is 9.33.